The van der Waals surface area contributed by atoms with Gasteiger partial charge in [-0.25, -0.2) is 15.0 Å². The minimum absolute atomic E-state index is 0.656. The molecule has 6 rings (SSSR count). The van der Waals surface area contributed by atoms with Crippen molar-refractivity contribution in [2.45, 2.75) is 40.4 Å². The molecule has 0 fully saturated rings. The zero-order valence-electron chi connectivity index (χ0n) is 20.4. The van der Waals surface area contributed by atoms with Crippen LogP contribution in [0.3, 0.4) is 0 Å². The molecule has 0 bridgehead atoms. The number of nitrogens with zero attached hydrogens (tertiary/aromatic N) is 3. The van der Waals surface area contributed by atoms with Gasteiger partial charge < -0.3 is 4.42 Å². The Hall–Kier alpha value is -3.57. The Bertz CT molecular complexity index is 1780. The molecule has 0 aliphatic carbocycles. The molecular formula is C29H27N3OSi. The van der Waals surface area contributed by atoms with E-state index in [1.807, 2.05) is 6.07 Å². The Morgan fingerprint density at radius 3 is 2.41 bits per heavy atom. The van der Waals surface area contributed by atoms with Crippen LogP contribution in [0.5, 0.6) is 0 Å². The number of fused-ring (bicyclic) bond motifs is 6. The SMILES string of the molecule is Cc1cc2ccc3c(-c4ccc(C)c5c4oc4ncccc45)ncnc3c2c(C)c1[Si](C)(C)C. The number of hydrogen-bond donors (Lipinski definition) is 0. The average Bonchev–Trinajstić information content (AvgIpc) is 3.18. The molecule has 0 unspecified atom stereocenters. The van der Waals surface area contributed by atoms with Crippen LogP contribution in [-0.4, -0.2) is 23.0 Å². The molecule has 3 aromatic carbocycles. The molecule has 168 valence electrons. The molecule has 0 spiro atoms. The molecule has 0 saturated heterocycles. The van der Waals surface area contributed by atoms with Gasteiger partial charge in [0, 0.05) is 33.3 Å². The molecule has 0 radical (unpaired) electrons. The number of hydrogen-bond acceptors (Lipinski definition) is 4. The van der Waals surface area contributed by atoms with Gasteiger partial charge in [-0.05, 0) is 61.5 Å². The van der Waals surface area contributed by atoms with Gasteiger partial charge in [-0.3, -0.25) is 0 Å². The van der Waals surface area contributed by atoms with Crippen molar-refractivity contribution in [3.8, 4) is 11.3 Å². The third-order valence-corrected chi connectivity index (χ3v) is 9.24. The number of aryl methyl sites for hydroxylation is 3. The summed E-state index contributed by atoms with van der Waals surface area (Å²) in [6, 6.07) is 15.0. The molecule has 4 nitrogen and oxygen atoms in total. The Labute approximate surface area is 199 Å². The van der Waals surface area contributed by atoms with E-state index in [1.165, 1.54) is 32.6 Å². The molecule has 6 aromatic rings. The van der Waals surface area contributed by atoms with Gasteiger partial charge in [0.1, 0.15) is 11.9 Å². The highest BCUT2D eigenvalue weighted by Gasteiger charge is 2.24. The second kappa shape index (κ2) is 7.21. The van der Waals surface area contributed by atoms with Gasteiger partial charge in [-0.1, -0.05) is 48.6 Å². The second-order valence-corrected chi connectivity index (χ2v) is 15.3. The lowest BCUT2D eigenvalue weighted by molar-refractivity contribution is 0.655. The molecule has 0 saturated carbocycles. The van der Waals surface area contributed by atoms with E-state index in [-0.39, 0.29) is 0 Å². The fourth-order valence-corrected chi connectivity index (χ4v) is 8.33. The first-order valence-electron chi connectivity index (χ1n) is 11.7. The molecular weight excluding hydrogens is 434 g/mol. The third kappa shape index (κ3) is 2.93. The predicted molar refractivity (Wildman–Crippen MR) is 145 cm³/mol. The summed E-state index contributed by atoms with van der Waals surface area (Å²) in [5, 5.41) is 7.17. The second-order valence-electron chi connectivity index (χ2n) is 10.3. The Balaban J connectivity index is 1.73. The van der Waals surface area contributed by atoms with Crippen LogP contribution in [0, 0.1) is 20.8 Å². The average molecular weight is 462 g/mol. The normalized spacial score (nSPS) is 12.4. The van der Waals surface area contributed by atoms with Crippen molar-refractivity contribution in [1.82, 2.24) is 15.0 Å². The van der Waals surface area contributed by atoms with Crippen LogP contribution in [0.4, 0.5) is 0 Å². The van der Waals surface area contributed by atoms with Gasteiger partial charge in [0.25, 0.3) is 0 Å². The lowest BCUT2D eigenvalue weighted by Gasteiger charge is -2.24. The summed E-state index contributed by atoms with van der Waals surface area (Å²) in [4.78, 5) is 14.0. The van der Waals surface area contributed by atoms with Crippen LogP contribution in [-0.2, 0) is 0 Å². The van der Waals surface area contributed by atoms with E-state index < -0.39 is 8.07 Å². The first-order valence-corrected chi connectivity index (χ1v) is 15.2. The minimum atomic E-state index is -1.53. The number of pyridine rings is 1. The van der Waals surface area contributed by atoms with Crippen molar-refractivity contribution in [2.24, 2.45) is 0 Å². The summed E-state index contributed by atoms with van der Waals surface area (Å²) < 4.78 is 6.29. The highest BCUT2D eigenvalue weighted by atomic mass is 28.3. The highest BCUT2D eigenvalue weighted by Crippen LogP contribution is 2.39. The van der Waals surface area contributed by atoms with Crippen molar-refractivity contribution < 1.29 is 4.42 Å². The molecule has 0 aliphatic heterocycles. The van der Waals surface area contributed by atoms with E-state index in [0.29, 0.717) is 5.71 Å². The molecule has 0 amide bonds. The fourth-order valence-electron chi connectivity index (χ4n) is 5.82. The minimum Gasteiger partial charge on any atom is -0.437 e. The van der Waals surface area contributed by atoms with Crippen LogP contribution in [0.25, 0.3) is 55.0 Å². The van der Waals surface area contributed by atoms with Gasteiger partial charge in [0.2, 0.25) is 5.71 Å². The summed E-state index contributed by atoms with van der Waals surface area (Å²) in [5.74, 6) is 0. The maximum Gasteiger partial charge on any atom is 0.227 e. The topological polar surface area (TPSA) is 51.8 Å². The summed E-state index contributed by atoms with van der Waals surface area (Å²) in [6.45, 7) is 13.9. The molecule has 3 aromatic heterocycles. The van der Waals surface area contributed by atoms with Crippen molar-refractivity contribution in [3.05, 3.63) is 71.7 Å². The Morgan fingerprint density at radius 1 is 0.794 bits per heavy atom. The van der Waals surface area contributed by atoms with E-state index in [1.54, 1.807) is 12.5 Å². The fraction of sp³-hybridized carbons (Fsp3) is 0.207. The van der Waals surface area contributed by atoms with E-state index in [9.17, 15) is 0 Å². The maximum absolute atomic E-state index is 6.29. The lowest BCUT2D eigenvalue weighted by atomic mass is 9.96. The van der Waals surface area contributed by atoms with Crippen LogP contribution in [0.1, 0.15) is 16.7 Å². The summed E-state index contributed by atoms with van der Waals surface area (Å²) in [7, 11) is -1.53. The number of furan rings is 1. The monoisotopic (exact) mass is 461 g/mol. The quantitative estimate of drug-likeness (QED) is 0.202. The highest BCUT2D eigenvalue weighted by molar-refractivity contribution is 6.89. The molecule has 34 heavy (non-hydrogen) atoms. The number of benzene rings is 3. The van der Waals surface area contributed by atoms with E-state index in [0.717, 1.165) is 38.5 Å². The van der Waals surface area contributed by atoms with Crippen LogP contribution in [0.15, 0.2) is 59.4 Å². The van der Waals surface area contributed by atoms with E-state index >= 15 is 0 Å². The zero-order chi connectivity index (χ0) is 23.8. The van der Waals surface area contributed by atoms with Crippen LogP contribution < -0.4 is 5.19 Å². The molecule has 0 atom stereocenters. The van der Waals surface area contributed by atoms with Gasteiger partial charge in [0.15, 0.2) is 0 Å². The van der Waals surface area contributed by atoms with Crippen LogP contribution >= 0.6 is 0 Å². The van der Waals surface area contributed by atoms with Crippen molar-refractivity contribution in [2.75, 3.05) is 0 Å². The maximum atomic E-state index is 6.29. The van der Waals surface area contributed by atoms with Crippen LogP contribution in [0.2, 0.25) is 19.6 Å². The van der Waals surface area contributed by atoms with Gasteiger partial charge in [-0.2, -0.15) is 0 Å². The number of aromatic nitrogens is 3. The van der Waals surface area contributed by atoms with Gasteiger partial charge >= 0.3 is 0 Å². The largest absolute Gasteiger partial charge is 0.437 e. The Kier molecular flexibility index (Phi) is 4.45. The zero-order valence-corrected chi connectivity index (χ0v) is 21.4. The lowest BCUT2D eigenvalue weighted by Crippen LogP contribution is -2.41. The summed E-state index contributed by atoms with van der Waals surface area (Å²) >= 11 is 0. The first kappa shape index (κ1) is 21.0. The summed E-state index contributed by atoms with van der Waals surface area (Å²) in [6.07, 6.45) is 3.46. The molecule has 3 heterocycles. The standard InChI is InChI=1S/C29H27N3OSi/c1-16-9-11-22(27-23(16)20-8-7-13-30-29(20)33-27)25-21-12-10-19-14-17(2)28(34(4,5)6)18(3)24(19)26(21)32-15-31-25/h7-15H,1-6H3. The summed E-state index contributed by atoms with van der Waals surface area (Å²) in [5.41, 5.74) is 8.26. The molecule has 0 aliphatic rings. The first-order chi connectivity index (χ1) is 16.3. The smallest absolute Gasteiger partial charge is 0.227 e. The number of rotatable bonds is 2. The third-order valence-electron chi connectivity index (χ3n) is 6.97. The van der Waals surface area contributed by atoms with Crippen molar-refractivity contribution in [3.63, 3.8) is 0 Å². The predicted octanol–water partition coefficient (Wildman–Crippen LogP) is 7.21. The van der Waals surface area contributed by atoms with E-state index in [4.69, 9.17) is 14.4 Å². The van der Waals surface area contributed by atoms with Gasteiger partial charge in [0.05, 0.1) is 19.3 Å². The van der Waals surface area contributed by atoms with Crippen molar-refractivity contribution >= 4 is 57.0 Å². The molecule has 0 N–H and O–H groups in total. The van der Waals surface area contributed by atoms with Crippen molar-refractivity contribution in [1.29, 1.82) is 0 Å². The Morgan fingerprint density at radius 2 is 1.62 bits per heavy atom. The van der Waals surface area contributed by atoms with Gasteiger partial charge in [-0.15, -0.1) is 0 Å². The van der Waals surface area contributed by atoms with E-state index in [2.05, 4.69) is 81.8 Å². The molecule has 5 heteroatoms.